The van der Waals surface area contributed by atoms with Gasteiger partial charge in [-0.25, -0.2) is 0 Å². The predicted molar refractivity (Wildman–Crippen MR) is 290 cm³/mol. The van der Waals surface area contributed by atoms with Gasteiger partial charge in [-0.15, -0.1) is 0 Å². The van der Waals surface area contributed by atoms with E-state index in [1.165, 1.54) is 36.4 Å². The second kappa shape index (κ2) is 34.3. The van der Waals surface area contributed by atoms with Gasteiger partial charge in [0.15, 0.2) is 5.96 Å². The van der Waals surface area contributed by atoms with E-state index in [-0.39, 0.29) is 80.3 Å². The Labute approximate surface area is 459 Å². The molecule has 0 fully saturated rings. The standard InChI is InChI=1S/C52H83N13O14/c1-27(2)18-32(24-66)58-46(74)39(21-30-9-13-33(69)14-10-30)62-49(77)40(22-31-11-15-34(70)16-12-31)63-47(75)38(20-29(5)6)61-45(73)36(8-7-17-57-52(55)56)59-50(78)41(23-43(54)71)64-51(79)42(26-68)65-48(76)37(19-28(3)4)60-44(72)35(53)25-67/h9-16,27-29,32,35-42,66-70H,7-8,17-26,53H2,1-6H3,(H2,54,71)(H,58,74)(H,59,78)(H,60,72)(H,61,73)(H,62,77)(H,63,75)(H,64,79)(H,65,76)(H4,55,56,57)/t32-,35-,36-,37-,38-,39-,40-,41-,42-/m0/s1. The highest BCUT2D eigenvalue weighted by molar-refractivity contribution is 5.99. The van der Waals surface area contributed by atoms with Crippen LogP contribution in [-0.2, 0) is 56.0 Å². The maximum Gasteiger partial charge on any atom is 0.245 e. The molecule has 0 aromatic heterocycles. The van der Waals surface area contributed by atoms with Gasteiger partial charge in [0.05, 0.1) is 32.3 Å². The van der Waals surface area contributed by atoms with Gasteiger partial charge in [0.2, 0.25) is 53.2 Å². The van der Waals surface area contributed by atoms with Gasteiger partial charge in [-0.3, -0.25) is 48.1 Å². The van der Waals surface area contributed by atoms with E-state index < -0.39 is 134 Å². The first kappa shape index (κ1) is 67.5. The van der Waals surface area contributed by atoms with Crippen molar-refractivity contribution in [2.45, 2.75) is 147 Å². The summed E-state index contributed by atoms with van der Waals surface area (Å²) >= 11 is 0. The van der Waals surface area contributed by atoms with Crippen LogP contribution in [0.1, 0.15) is 91.2 Å². The number of amides is 9. The zero-order valence-corrected chi connectivity index (χ0v) is 45.7. The van der Waals surface area contributed by atoms with Crippen molar-refractivity contribution in [3.05, 3.63) is 59.7 Å². The minimum Gasteiger partial charge on any atom is -0.508 e. The number of nitrogens with one attached hydrogen (secondary N) is 8. The molecule has 0 unspecified atom stereocenters. The number of carbonyl (C=O) groups is 9. The highest BCUT2D eigenvalue weighted by atomic mass is 16.3. The van der Waals surface area contributed by atoms with Crippen molar-refractivity contribution in [1.29, 1.82) is 0 Å². The molecule has 2 aromatic carbocycles. The number of aliphatic hydroxyl groups excluding tert-OH is 3. The normalized spacial score (nSPS) is 14.6. The fourth-order valence-corrected chi connectivity index (χ4v) is 7.98. The average Bonchev–Trinajstić information content (AvgIpc) is 3.37. The van der Waals surface area contributed by atoms with Crippen molar-refractivity contribution in [2.24, 2.45) is 45.7 Å². The lowest BCUT2D eigenvalue weighted by Crippen LogP contribution is -2.61. The molecule has 0 heterocycles. The summed E-state index contributed by atoms with van der Waals surface area (Å²) in [6.45, 7) is 8.58. The van der Waals surface area contributed by atoms with E-state index in [1.54, 1.807) is 39.8 Å². The Kier molecular flexibility index (Phi) is 29.3. The Balaban J connectivity index is 2.53. The van der Waals surface area contributed by atoms with Gasteiger partial charge >= 0.3 is 0 Å². The highest BCUT2D eigenvalue weighted by Gasteiger charge is 2.36. The molecule has 0 aliphatic carbocycles. The first-order valence-electron chi connectivity index (χ1n) is 26.1. The number of phenolic OH excluding ortho intramolecular Hbond substituents is 2. The number of aromatic hydroxyl groups is 2. The molecule has 0 saturated carbocycles. The van der Waals surface area contributed by atoms with Crippen LogP contribution in [0.2, 0.25) is 0 Å². The molecule has 0 bridgehead atoms. The third kappa shape index (κ3) is 25.6. The lowest BCUT2D eigenvalue weighted by Gasteiger charge is -2.28. The summed E-state index contributed by atoms with van der Waals surface area (Å²) in [6.07, 6.45) is -0.854. The number of carbonyl (C=O) groups excluding carboxylic acids is 9. The first-order valence-corrected chi connectivity index (χ1v) is 26.1. The lowest BCUT2D eigenvalue weighted by atomic mass is 9.99. The zero-order valence-electron chi connectivity index (χ0n) is 45.7. The molecule has 79 heavy (non-hydrogen) atoms. The SMILES string of the molecule is CC(C)C[C@@H](CO)NC(=O)[C@H](Cc1ccc(O)cc1)NC(=O)[C@H](Cc1ccc(O)cc1)NC(=O)[C@H](CC(C)C)NC(=O)[C@H](CCCN=C(N)N)NC(=O)[C@H](CC(N)=O)NC(=O)[C@H](CO)NC(=O)[C@H](CC(C)C)NC(=O)[C@@H](N)CO. The number of phenols is 2. The zero-order chi connectivity index (χ0) is 59.5. The van der Waals surface area contributed by atoms with E-state index in [1.807, 2.05) is 13.8 Å². The monoisotopic (exact) mass is 1110 g/mol. The van der Waals surface area contributed by atoms with Crippen LogP contribution in [0.4, 0.5) is 0 Å². The van der Waals surface area contributed by atoms with Gasteiger partial charge < -0.3 is 91.0 Å². The molecule has 0 radical (unpaired) electrons. The minimum absolute atomic E-state index is 0.0331. The molecule has 2 rings (SSSR count). The number of aliphatic hydroxyl groups is 3. The van der Waals surface area contributed by atoms with Gasteiger partial charge in [0, 0.05) is 19.4 Å². The molecule has 9 atom stereocenters. The number of aliphatic imine (C=N–C) groups is 1. The Morgan fingerprint density at radius 1 is 0.456 bits per heavy atom. The Bertz CT molecular complexity index is 2350. The highest BCUT2D eigenvalue weighted by Crippen LogP contribution is 2.16. The van der Waals surface area contributed by atoms with Crippen LogP contribution in [-0.4, -0.2) is 165 Å². The van der Waals surface area contributed by atoms with Gasteiger partial charge in [-0.2, -0.15) is 0 Å². The number of primary amides is 1. The third-order valence-electron chi connectivity index (χ3n) is 12.0. The van der Waals surface area contributed by atoms with E-state index in [0.717, 1.165) is 0 Å². The van der Waals surface area contributed by atoms with Crippen molar-refractivity contribution >= 4 is 59.1 Å². The van der Waals surface area contributed by atoms with Gasteiger partial charge in [-0.05, 0) is 85.3 Å². The molecule has 0 spiro atoms. The summed E-state index contributed by atoms with van der Waals surface area (Å²) in [5, 5.41) is 69.8. The van der Waals surface area contributed by atoms with Crippen molar-refractivity contribution in [2.75, 3.05) is 26.4 Å². The first-order chi connectivity index (χ1) is 37.2. The fraction of sp³-hybridized carbons (Fsp3) is 0.577. The number of hydrogen-bond donors (Lipinski definition) is 17. The summed E-state index contributed by atoms with van der Waals surface area (Å²) in [4.78, 5) is 127. The molecule has 440 valence electrons. The second-order valence-electron chi connectivity index (χ2n) is 20.5. The maximum atomic E-state index is 14.5. The van der Waals surface area contributed by atoms with Crippen LogP contribution < -0.4 is 65.5 Å². The molecular weight excluding hydrogens is 1030 g/mol. The molecule has 2 aromatic rings. The number of hydrogen-bond acceptors (Lipinski definition) is 16. The fourth-order valence-electron chi connectivity index (χ4n) is 7.98. The third-order valence-corrected chi connectivity index (χ3v) is 12.0. The molecule has 9 amide bonds. The lowest BCUT2D eigenvalue weighted by molar-refractivity contribution is -0.137. The Hall–Kier alpha value is -7.62. The number of nitrogens with two attached hydrogens (primary N) is 4. The van der Waals surface area contributed by atoms with Crippen molar-refractivity contribution in [3.8, 4) is 11.5 Å². The van der Waals surface area contributed by atoms with E-state index in [0.29, 0.717) is 17.5 Å². The topological polar surface area (TPSA) is 467 Å². The molecule has 27 nitrogen and oxygen atoms in total. The maximum absolute atomic E-state index is 14.5. The van der Waals surface area contributed by atoms with Crippen molar-refractivity contribution in [1.82, 2.24) is 42.5 Å². The Morgan fingerprint density at radius 3 is 1.24 bits per heavy atom. The molecule has 0 aliphatic heterocycles. The quantitative estimate of drug-likeness (QED) is 0.0178. The van der Waals surface area contributed by atoms with Crippen LogP contribution >= 0.6 is 0 Å². The molecule has 21 N–H and O–H groups in total. The van der Waals surface area contributed by atoms with Crippen molar-refractivity contribution < 1.29 is 68.7 Å². The average molecular weight is 1110 g/mol. The van der Waals surface area contributed by atoms with Gasteiger partial charge in [0.1, 0.15) is 59.8 Å². The molecular formula is C52H83N13O14. The van der Waals surface area contributed by atoms with Crippen molar-refractivity contribution in [3.63, 3.8) is 0 Å². The minimum atomic E-state index is -1.82. The van der Waals surface area contributed by atoms with E-state index in [9.17, 15) is 68.7 Å². The van der Waals surface area contributed by atoms with Gasteiger partial charge in [-0.1, -0.05) is 65.8 Å². The van der Waals surface area contributed by atoms with Crippen LogP contribution in [0.15, 0.2) is 53.5 Å². The summed E-state index contributed by atoms with van der Waals surface area (Å²) in [7, 11) is 0. The van der Waals surface area contributed by atoms with E-state index in [2.05, 4.69) is 47.5 Å². The van der Waals surface area contributed by atoms with Crippen LogP contribution in [0.25, 0.3) is 0 Å². The molecule has 0 saturated heterocycles. The summed E-state index contributed by atoms with van der Waals surface area (Å²) in [6, 6.07) is -0.875. The van der Waals surface area contributed by atoms with E-state index >= 15 is 0 Å². The number of guanidine groups is 1. The predicted octanol–water partition coefficient (Wildman–Crippen LogP) is -3.87. The largest absolute Gasteiger partial charge is 0.508 e. The summed E-state index contributed by atoms with van der Waals surface area (Å²) in [5.41, 5.74) is 23.1. The molecule has 27 heteroatoms. The summed E-state index contributed by atoms with van der Waals surface area (Å²) < 4.78 is 0. The van der Waals surface area contributed by atoms with Crippen LogP contribution in [0, 0.1) is 17.8 Å². The summed E-state index contributed by atoms with van der Waals surface area (Å²) in [5.74, 6) is -9.32. The van der Waals surface area contributed by atoms with Gasteiger partial charge in [0.25, 0.3) is 0 Å². The van der Waals surface area contributed by atoms with Crippen LogP contribution in [0.3, 0.4) is 0 Å². The van der Waals surface area contributed by atoms with E-state index in [4.69, 9.17) is 22.9 Å². The number of benzene rings is 2. The second-order valence-corrected chi connectivity index (χ2v) is 20.5. The number of rotatable bonds is 35. The Morgan fingerprint density at radius 2 is 0.823 bits per heavy atom. The number of nitrogens with zero attached hydrogens (tertiary/aromatic N) is 1. The smallest absolute Gasteiger partial charge is 0.245 e. The molecule has 0 aliphatic rings. The van der Waals surface area contributed by atoms with Crippen LogP contribution in [0.5, 0.6) is 11.5 Å².